The lowest BCUT2D eigenvalue weighted by atomic mass is 10.2. The normalized spacial score (nSPS) is 10.9. The summed E-state index contributed by atoms with van der Waals surface area (Å²) in [6, 6.07) is 8.91. The van der Waals surface area contributed by atoms with Crippen molar-refractivity contribution < 1.29 is 4.79 Å². The third kappa shape index (κ3) is 3.78. The molecule has 0 atom stereocenters. The van der Waals surface area contributed by atoms with Crippen molar-refractivity contribution >= 4 is 34.4 Å². The molecule has 3 heterocycles. The highest BCUT2D eigenvalue weighted by Crippen LogP contribution is 2.30. The molecule has 3 aromatic heterocycles. The molecule has 27 heavy (non-hydrogen) atoms. The number of nitrogens with zero attached hydrogens (tertiary/aromatic N) is 4. The van der Waals surface area contributed by atoms with E-state index < -0.39 is 0 Å². The van der Waals surface area contributed by atoms with Gasteiger partial charge in [0.15, 0.2) is 5.65 Å². The van der Waals surface area contributed by atoms with Crippen LogP contribution < -0.4 is 5.32 Å². The average molecular weight is 379 g/mol. The SMILES string of the molecule is Cc1cnc2nc(-c3cc(NC(=O)Cc4ncccn4)ccc3Cl)[nH]c2c1. The second-order valence-corrected chi connectivity index (χ2v) is 6.46. The maximum Gasteiger partial charge on any atom is 0.232 e. The minimum atomic E-state index is -0.212. The predicted molar refractivity (Wildman–Crippen MR) is 103 cm³/mol. The Morgan fingerprint density at radius 2 is 2.00 bits per heavy atom. The number of anilines is 1. The van der Waals surface area contributed by atoms with Gasteiger partial charge >= 0.3 is 0 Å². The van der Waals surface area contributed by atoms with Crippen molar-refractivity contribution in [3.05, 3.63) is 65.3 Å². The fraction of sp³-hybridized carbons (Fsp3) is 0.105. The maximum absolute atomic E-state index is 12.2. The highest BCUT2D eigenvalue weighted by atomic mass is 35.5. The van der Waals surface area contributed by atoms with Crippen molar-refractivity contribution in [1.29, 1.82) is 0 Å². The number of fused-ring (bicyclic) bond motifs is 1. The molecule has 4 rings (SSSR count). The lowest BCUT2D eigenvalue weighted by molar-refractivity contribution is -0.115. The van der Waals surface area contributed by atoms with Crippen LogP contribution in [0.3, 0.4) is 0 Å². The summed E-state index contributed by atoms with van der Waals surface area (Å²) in [5.41, 5.74) is 3.77. The van der Waals surface area contributed by atoms with Gasteiger partial charge in [-0.2, -0.15) is 0 Å². The zero-order valence-electron chi connectivity index (χ0n) is 14.4. The summed E-state index contributed by atoms with van der Waals surface area (Å²) < 4.78 is 0. The van der Waals surface area contributed by atoms with E-state index in [0.717, 1.165) is 11.1 Å². The highest BCUT2D eigenvalue weighted by Gasteiger charge is 2.13. The Morgan fingerprint density at radius 3 is 2.81 bits per heavy atom. The van der Waals surface area contributed by atoms with Crippen molar-refractivity contribution in [2.24, 2.45) is 0 Å². The van der Waals surface area contributed by atoms with Gasteiger partial charge in [0.25, 0.3) is 0 Å². The highest BCUT2D eigenvalue weighted by molar-refractivity contribution is 6.33. The average Bonchev–Trinajstić information content (AvgIpc) is 3.07. The molecule has 8 heteroatoms. The molecule has 0 fully saturated rings. The molecule has 0 unspecified atom stereocenters. The number of imidazole rings is 1. The lowest BCUT2D eigenvalue weighted by Gasteiger charge is -2.07. The van der Waals surface area contributed by atoms with E-state index >= 15 is 0 Å². The monoisotopic (exact) mass is 378 g/mol. The van der Waals surface area contributed by atoms with Crippen LogP contribution in [0, 0.1) is 6.92 Å². The fourth-order valence-electron chi connectivity index (χ4n) is 2.69. The zero-order chi connectivity index (χ0) is 18.8. The molecular weight excluding hydrogens is 364 g/mol. The van der Waals surface area contributed by atoms with Gasteiger partial charge in [-0.3, -0.25) is 4.79 Å². The summed E-state index contributed by atoms with van der Waals surface area (Å²) >= 11 is 6.34. The van der Waals surface area contributed by atoms with Gasteiger partial charge in [-0.15, -0.1) is 0 Å². The third-order valence-corrected chi connectivity index (χ3v) is 4.25. The van der Waals surface area contributed by atoms with Crippen LogP contribution in [0.25, 0.3) is 22.6 Å². The number of benzene rings is 1. The van der Waals surface area contributed by atoms with Crippen molar-refractivity contribution in [1.82, 2.24) is 24.9 Å². The number of carbonyl (C=O) groups excluding carboxylic acids is 1. The number of nitrogens with one attached hydrogen (secondary N) is 2. The molecule has 4 aromatic rings. The van der Waals surface area contributed by atoms with Crippen LogP contribution in [0.5, 0.6) is 0 Å². The zero-order valence-corrected chi connectivity index (χ0v) is 15.2. The van der Waals surface area contributed by atoms with Crippen LogP contribution in [0.1, 0.15) is 11.4 Å². The Morgan fingerprint density at radius 1 is 1.19 bits per heavy atom. The summed E-state index contributed by atoms with van der Waals surface area (Å²) in [5, 5.41) is 3.36. The quantitative estimate of drug-likeness (QED) is 0.566. The van der Waals surface area contributed by atoms with Crippen LogP contribution in [0.4, 0.5) is 5.69 Å². The minimum absolute atomic E-state index is 0.0899. The number of pyridine rings is 1. The number of carbonyl (C=O) groups is 1. The molecule has 1 amide bonds. The summed E-state index contributed by atoms with van der Waals surface area (Å²) in [5.74, 6) is 0.842. The maximum atomic E-state index is 12.2. The molecule has 0 spiro atoms. The van der Waals surface area contributed by atoms with Gasteiger partial charge in [-0.05, 0) is 42.8 Å². The largest absolute Gasteiger partial charge is 0.337 e. The molecular formula is C19H15ClN6O. The summed E-state index contributed by atoms with van der Waals surface area (Å²) in [6.45, 7) is 1.96. The molecule has 0 radical (unpaired) electrons. The first-order chi connectivity index (χ1) is 13.1. The topological polar surface area (TPSA) is 96.5 Å². The van der Waals surface area contributed by atoms with E-state index in [9.17, 15) is 4.79 Å². The Kier molecular flexibility index (Phi) is 4.52. The minimum Gasteiger partial charge on any atom is -0.337 e. The van der Waals surface area contributed by atoms with E-state index in [1.807, 2.05) is 13.0 Å². The van der Waals surface area contributed by atoms with Gasteiger partial charge in [-0.1, -0.05) is 11.6 Å². The first-order valence-electron chi connectivity index (χ1n) is 8.26. The summed E-state index contributed by atoms with van der Waals surface area (Å²) in [4.78, 5) is 32.4. The van der Waals surface area contributed by atoms with Gasteiger partial charge < -0.3 is 10.3 Å². The number of hydrogen-bond acceptors (Lipinski definition) is 5. The molecule has 134 valence electrons. The number of aryl methyl sites for hydroxylation is 1. The molecule has 0 saturated carbocycles. The van der Waals surface area contributed by atoms with Crippen LogP contribution in [0.2, 0.25) is 5.02 Å². The van der Waals surface area contributed by atoms with E-state index in [1.54, 1.807) is 42.9 Å². The number of halogens is 1. The van der Waals surface area contributed by atoms with E-state index in [4.69, 9.17) is 11.6 Å². The number of aromatic amines is 1. The second-order valence-electron chi connectivity index (χ2n) is 6.05. The molecule has 2 N–H and O–H groups in total. The predicted octanol–water partition coefficient (Wildman–Crippen LogP) is 3.56. The fourth-order valence-corrected chi connectivity index (χ4v) is 2.89. The van der Waals surface area contributed by atoms with Gasteiger partial charge in [-0.25, -0.2) is 19.9 Å². The number of hydrogen-bond donors (Lipinski definition) is 2. The van der Waals surface area contributed by atoms with Crippen molar-refractivity contribution in [3.8, 4) is 11.4 Å². The lowest BCUT2D eigenvalue weighted by Crippen LogP contribution is -2.16. The molecule has 0 bridgehead atoms. The number of aromatic nitrogens is 5. The first-order valence-corrected chi connectivity index (χ1v) is 8.64. The Labute approximate surface area is 159 Å². The summed E-state index contributed by atoms with van der Waals surface area (Å²) in [6.07, 6.45) is 5.06. The molecule has 1 aromatic carbocycles. The van der Waals surface area contributed by atoms with Gasteiger partial charge in [0, 0.05) is 29.8 Å². The first kappa shape index (κ1) is 17.1. The Hall–Kier alpha value is -3.32. The van der Waals surface area contributed by atoms with Crippen molar-refractivity contribution in [3.63, 3.8) is 0 Å². The molecule has 0 aliphatic heterocycles. The van der Waals surface area contributed by atoms with Crippen LogP contribution >= 0.6 is 11.6 Å². The van der Waals surface area contributed by atoms with Gasteiger partial charge in [0.2, 0.25) is 5.91 Å². The smallest absolute Gasteiger partial charge is 0.232 e. The molecule has 0 aliphatic rings. The number of rotatable bonds is 4. The van der Waals surface area contributed by atoms with E-state index in [0.29, 0.717) is 33.6 Å². The third-order valence-electron chi connectivity index (χ3n) is 3.92. The van der Waals surface area contributed by atoms with E-state index in [2.05, 4.69) is 30.2 Å². The number of H-pyrrole nitrogens is 1. The van der Waals surface area contributed by atoms with Gasteiger partial charge in [0.1, 0.15) is 11.6 Å². The molecule has 0 saturated heterocycles. The second kappa shape index (κ2) is 7.13. The summed E-state index contributed by atoms with van der Waals surface area (Å²) in [7, 11) is 0. The Bertz CT molecular complexity index is 1130. The van der Waals surface area contributed by atoms with Gasteiger partial charge in [0.05, 0.1) is 17.0 Å². The van der Waals surface area contributed by atoms with E-state index in [1.165, 1.54) is 0 Å². The van der Waals surface area contributed by atoms with Crippen LogP contribution in [-0.2, 0) is 11.2 Å². The van der Waals surface area contributed by atoms with Crippen molar-refractivity contribution in [2.45, 2.75) is 13.3 Å². The van der Waals surface area contributed by atoms with Crippen LogP contribution in [0.15, 0.2) is 48.9 Å². The van der Waals surface area contributed by atoms with Crippen molar-refractivity contribution in [2.75, 3.05) is 5.32 Å². The van der Waals surface area contributed by atoms with E-state index in [-0.39, 0.29) is 12.3 Å². The molecule has 0 aliphatic carbocycles. The standard InChI is InChI=1S/C19H15ClN6O/c1-11-7-15-19(23-10-11)26-18(25-15)13-8-12(3-4-14(13)20)24-17(27)9-16-21-5-2-6-22-16/h2-8,10H,9H2,1H3,(H,24,27)(H,23,25,26). The Balaban J connectivity index is 1.60. The van der Waals surface area contributed by atoms with Crippen LogP contribution in [-0.4, -0.2) is 30.8 Å². The number of amides is 1. The molecule has 7 nitrogen and oxygen atoms in total.